The van der Waals surface area contributed by atoms with Crippen LogP contribution in [0.25, 0.3) is 0 Å². The van der Waals surface area contributed by atoms with Gasteiger partial charge in [0.15, 0.2) is 0 Å². The van der Waals surface area contributed by atoms with Gasteiger partial charge in [0.05, 0.1) is 6.42 Å². The van der Waals surface area contributed by atoms with Gasteiger partial charge in [0, 0.05) is 26.2 Å². The summed E-state index contributed by atoms with van der Waals surface area (Å²) in [6, 6.07) is 0. The van der Waals surface area contributed by atoms with Crippen LogP contribution in [0.4, 0.5) is 0 Å². The van der Waals surface area contributed by atoms with E-state index in [0.29, 0.717) is 13.1 Å². The largest absolute Gasteiger partial charge is 0.383 e. The van der Waals surface area contributed by atoms with Crippen molar-refractivity contribution in [2.75, 3.05) is 26.2 Å². The monoisotopic (exact) mass is 268 g/mol. The van der Waals surface area contributed by atoms with E-state index in [1.807, 2.05) is 0 Å². The summed E-state index contributed by atoms with van der Waals surface area (Å²) in [6.45, 7) is 2.97. The maximum Gasteiger partial charge on any atom is 0.251 e. The van der Waals surface area contributed by atoms with Crippen molar-refractivity contribution in [1.82, 2.24) is 9.80 Å². The van der Waals surface area contributed by atoms with Crippen LogP contribution in [0.3, 0.4) is 0 Å². The number of rotatable bonds is 3. The summed E-state index contributed by atoms with van der Waals surface area (Å²) in [5.41, 5.74) is 0. The molecule has 0 aliphatic carbocycles. The van der Waals surface area contributed by atoms with E-state index in [1.165, 1.54) is 6.42 Å². The van der Waals surface area contributed by atoms with Gasteiger partial charge in [-0.05, 0) is 38.5 Å². The van der Waals surface area contributed by atoms with Crippen molar-refractivity contribution in [1.29, 1.82) is 0 Å². The molecule has 2 aliphatic heterocycles. The summed E-state index contributed by atoms with van der Waals surface area (Å²) in [5.74, 6) is -0.359. The van der Waals surface area contributed by atoms with Gasteiger partial charge < -0.3 is 14.9 Å². The summed E-state index contributed by atoms with van der Waals surface area (Å²) in [6.07, 6.45) is 5.15. The number of likely N-dealkylation sites (tertiary alicyclic amines) is 2. The lowest BCUT2D eigenvalue weighted by Crippen LogP contribution is -2.45. The smallest absolute Gasteiger partial charge is 0.251 e. The zero-order valence-corrected chi connectivity index (χ0v) is 11.5. The minimum atomic E-state index is -1.16. The first kappa shape index (κ1) is 14.3. The van der Waals surface area contributed by atoms with E-state index in [4.69, 9.17) is 0 Å². The zero-order chi connectivity index (χ0) is 13.7. The first-order valence-electron chi connectivity index (χ1n) is 7.43. The van der Waals surface area contributed by atoms with Crippen LogP contribution in [0.15, 0.2) is 0 Å². The van der Waals surface area contributed by atoms with Crippen molar-refractivity contribution in [2.24, 2.45) is 0 Å². The molecule has 0 spiro atoms. The van der Waals surface area contributed by atoms with E-state index in [2.05, 4.69) is 0 Å². The summed E-state index contributed by atoms with van der Waals surface area (Å²) in [4.78, 5) is 27.5. The van der Waals surface area contributed by atoms with E-state index in [9.17, 15) is 14.7 Å². The molecule has 0 aromatic carbocycles. The van der Waals surface area contributed by atoms with Crippen molar-refractivity contribution >= 4 is 11.8 Å². The van der Waals surface area contributed by atoms with Gasteiger partial charge in [-0.3, -0.25) is 9.59 Å². The maximum atomic E-state index is 12.0. The number of carbonyl (C=O) groups is 2. The molecular formula is C14H24N2O3. The highest BCUT2D eigenvalue weighted by Crippen LogP contribution is 2.14. The molecule has 2 fully saturated rings. The minimum Gasteiger partial charge on any atom is -0.383 e. The highest BCUT2D eigenvalue weighted by molar-refractivity contribution is 5.87. The van der Waals surface area contributed by atoms with Crippen molar-refractivity contribution in [3.63, 3.8) is 0 Å². The lowest BCUT2D eigenvalue weighted by atomic mass is 10.1. The Labute approximate surface area is 114 Å². The quantitative estimate of drug-likeness (QED) is 0.822. The third-order valence-corrected chi connectivity index (χ3v) is 4.03. The summed E-state index contributed by atoms with van der Waals surface area (Å²) in [7, 11) is 0. The molecule has 0 saturated carbocycles. The second-order valence-electron chi connectivity index (χ2n) is 5.55. The van der Waals surface area contributed by atoms with Crippen LogP contribution in [0.2, 0.25) is 0 Å². The van der Waals surface area contributed by atoms with Crippen LogP contribution < -0.4 is 0 Å². The Morgan fingerprint density at radius 1 is 0.842 bits per heavy atom. The van der Waals surface area contributed by atoms with E-state index < -0.39 is 6.10 Å². The third kappa shape index (κ3) is 3.93. The van der Waals surface area contributed by atoms with Gasteiger partial charge in [-0.2, -0.15) is 0 Å². The second kappa shape index (κ2) is 6.89. The summed E-state index contributed by atoms with van der Waals surface area (Å²) >= 11 is 0. The highest BCUT2D eigenvalue weighted by atomic mass is 16.3. The van der Waals surface area contributed by atoms with Gasteiger partial charge >= 0.3 is 0 Å². The fourth-order valence-corrected chi connectivity index (χ4v) is 2.85. The molecule has 19 heavy (non-hydrogen) atoms. The average molecular weight is 268 g/mol. The van der Waals surface area contributed by atoms with Crippen molar-refractivity contribution in [3.8, 4) is 0 Å². The molecule has 108 valence electrons. The molecule has 5 heteroatoms. The molecule has 2 amide bonds. The van der Waals surface area contributed by atoms with Crippen LogP contribution >= 0.6 is 0 Å². The topological polar surface area (TPSA) is 60.9 Å². The van der Waals surface area contributed by atoms with Crippen LogP contribution in [0.5, 0.6) is 0 Å². The molecule has 0 aromatic rings. The lowest BCUT2D eigenvalue weighted by Gasteiger charge is -2.30. The van der Waals surface area contributed by atoms with E-state index >= 15 is 0 Å². The van der Waals surface area contributed by atoms with E-state index in [1.54, 1.807) is 9.80 Å². The van der Waals surface area contributed by atoms with Gasteiger partial charge in [0.1, 0.15) is 6.10 Å². The second-order valence-corrected chi connectivity index (χ2v) is 5.55. The number of carbonyl (C=O) groups excluding carboxylic acids is 2. The predicted octanol–water partition coefficient (Wildman–Crippen LogP) is 0.762. The highest BCUT2D eigenvalue weighted by Gasteiger charge is 2.27. The number of aliphatic hydroxyl groups is 1. The zero-order valence-electron chi connectivity index (χ0n) is 11.5. The number of hydrogen-bond donors (Lipinski definition) is 1. The standard InChI is InChI=1S/C14H24N2O3/c17-12(14(19)16-9-5-2-6-10-16)11-13(18)15-7-3-1-4-8-15/h12,17H,1-11H2/t12-/m0/s1. The Morgan fingerprint density at radius 2 is 1.32 bits per heavy atom. The van der Waals surface area contributed by atoms with Crippen molar-refractivity contribution < 1.29 is 14.7 Å². The Balaban J connectivity index is 1.80. The van der Waals surface area contributed by atoms with Gasteiger partial charge in [0.25, 0.3) is 5.91 Å². The molecule has 0 bridgehead atoms. The van der Waals surface area contributed by atoms with Crippen molar-refractivity contribution in [2.45, 2.75) is 51.0 Å². The molecule has 5 nitrogen and oxygen atoms in total. The van der Waals surface area contributed by atoms with E-state index in [0.717, 1.165) is 45.2 Å². The van der Waals surface area contributed by atoms with Gasteiger partial charge in [0.2, 0.25) is 5.91 Å². The fourth-order valence-electron chi connectivity index (χ4n) is 2.85. The lowest BCUT2D eigenvalue weighted by molar-refractivity contribution is -0.146. The Kier molecular flexibility index (Phi) is 5.19. The number of hydrogen-bond acceptors (Lipinski definition) is 3. The molecule has 2 heterocycles. The van der Waals surface area contributed by atoms with Crippen molar-refractivity contribution in [3.05, 3.63) is 0 Å². The number of nitrogens with zero attached hydrogens (tertiary/aromatic N) is 2. The molecule has 2 aliphatic rings. The van der Waals surface area contributed by atoms with Gasteiger partial charge in [-0.15, -0.1) is 0 Å². The molecule has 1 N–H and O–H groups in total. The predicted molar refractivity (Wildman–Crippen MR) is 71.5 cm³/mol. The molecule has 0 radical (unpaired) electrons. The van der Waals surface area contributed by atoms with Crippen LogP contribution in [-0.2, 0) is 9.59 Å². The van der Waals surface area contributed by atoms with Gasteiger partial charge in [-0.25, -0.2) is 0 Å². The fraction of sp³-hybridized carbons (Fsp3) is 0.857. The summed E-state index contributed by atoms with van der Waals surface area (Å²) in [5, 5.41) is 9.93. The molecular weight excluding hydrogens is 244 g/mol. The number of aliphatic hydroxyl groups excluding tert-OH is 1. The summed E-state index contributed by atoms with van der Waals surface area (Å²) < 4.78 is 0. The molecule has 2 rings (SSSR count). The third-order valence-electron chi connectivity index (χ3n) is 4.03. The number of piperidine rings is 2. The number of amides is 2. The maximum absolute atomic E-state index is 12.0. The Hall–Kier alpha value is -1.10. The molecule has 0 aromatic heterocycles. The molecule has 0 unspecified atom stereocenters. The first-order valence-corrected chi connectivity index (χ1v) is 7.43. The van der Waals surface area contributed by atoms with E-state index in [-0.39, 0.29) is 18.2 Å². The van der Waals surface area contributed by atoms with Crippen LogP contribution in [0.1, 0.15) is 44.9 Å². The van der Waals surface area contributed by atoms with Crippen LogP contribution in [-0.4, -0.2) is 59.0 Å². The first-order chi connectivity index (χ1) is 9.18. The van der Waals surface area contributed by atoms with Crippen LogP contribution in [0, 0.1) is 0 Å². The minimum absolute atomic E-state index is 0.0602. The van der Waals surface area contributed by atoms with Gasteiger partial charge in [-0.1, -0.05) is 0 Å². The Bertz CT molecular complexity index is 321. The SMILES string of the molecule is O=C(C[C@H](O)C(=O)N1CCCCC1)N1CCCCC1. The Morgan fingerprint density at radius 3 is 1.84 bits per heavy atom. The normalized spacial score (nSPS) is 22.2. The molecule has 2 saturated heterocycles. The molecule has 1 atom stereocenters. The average Bonchev–Trinajstić information content (AvgIpc) is 2.48.